The number of nitrogens with one attached hydrogen (secondary N) is 1. The van der Waals surface area contributed by atoms with Crippen LogP contribution in [0.5, 0.6) is 0 Å². The lowest BCUT2D eigenvalue weighted by Gasteiger charge is -2.31. The number of hydrogen-bond donors (Lipinski definition) is 1. The van der Waals surface area contributed by atoms with Crippen LogP contribution in [0.2, 0.25) is 0 Å². The zero-order valence-corrected chi connectivity index (χ0v) is 17.0. The number of aromatic nitrogens is 4. The van der Waals surface area contributed by atoms with Crippen molar-refractivity contribution < 1.29 is 9.66 Å². The molecule has 0 saturated carbocycles. The second kappa shape index (κ2) is 8.58. The largest absolute Gasteiger partial charge is 0.381 e. The van der Waals surface area contributed by atoms with Crippen molar-refractivity contribution in [3.63, 3.8) is 0 Å². The minimum absolute atomic E-state index is 0.0273. The van der Waals surface area contributed by atoms with Crippen molar-refractivity contribution in [2.45, 2.75) is 25.8 Å². The number of benzene rings is 1. The molecule has 0 aliphatic carbocycles. The zero-order valence-electron chi connectivity index (χ0n) is 17.0. The molecular formula is C21H24N6O3. The Kier molecular flexibility index (Phi) is 5.71. The first-order valence-corrected chi connectivity index (χ1v) is 9.95. The summed E-state index contributed by atoms with van der Waals surface area (Å²) in [7, 11) is 1.81. The van der Waals surface area contributed by atoms with Gasteiger partial charge in [-0.25, -0.2) is 4.68 Å². The number of nitrogens with zero attached hydrogens (tertiary/aromatic N) is 5. The summed E-state index contributed by atoms with van der Waals surface area (Å²) in [6.45, 7) is 3.23. The molecule has 1 aliphatic heterocycles. The number of ether oxygens (including phenoxy) is 1. The van der Waals surface area contributed by atoms with E-state index in [4.69, 9.17) is 4.74 Å². The highest BCUT2D eigenvalue weighted by molar-refractivity contribution is 5.73. The number of nitro benzene ring substituents is 1. The highest BCUT2D eigenvalue weighted by Crippen LogP contribution is 2.37. The lowest BCUT2D eigenvalue weighted by Crippen LogP contribution is -2.28. The zero-order chi connectivity index (χ0) is 21.1. The topological polar surface area (TPSA) is 108 Å². The standard InChI is InChI=1S/C21H24N6O3/c1-14-21(26(2)25-24-14)16-6-7-19(27(28)29)18(13-16)23-20(15-8-11-30-12-9-15)17-5-3-4-10-22-17/h3-7,10,13,15,20,23H,8-9,11-12H2,1-2H3. The highest BCUT2D eigenvalue weighted by atomic mass is 16.6. The van der Waals surface area contributed by atoms with Crippen LogP contribution < -0.4 is 5.32 Å². The van der Waals surface area contributed by atoms with Crippen LogP contribution in [0.1, 0.15) is 30.3 Å². The van der Waals surface area contributed by atoms with Crippen LogP contribution in [0, 0.1) is 23.0 Å². The minimum atomic E-state index is -0.361. The van der Waals surface area contributed by atoms with E-state index < -0.39 is 0 Å². The fourth-order valence-electron chi connectivity index (χ4n) is 4.02. The van der Waals surface area contributed by atoms with Crippen molar-refractivity contribution in [3.8, 4) is 11.3 Å². The van der Waals surface area contributed by atoms with Gasteiger partial charge in [0, 0.05) is 38.1 Å². The van der Waals surface area contributed by atoms with Gasteiger partial charge >= 0.3 is 0 Å². The first kappa shape index (κ1) is 20.0. The minimum Gasteiger partial charge on any atom is -0.381 e. The lowest BCUT2D eigenvalue weighted by atomic mass is 9.89. The third-order valence-corrected chi connectivity index (χ3v) is 5.52. The van der Waals surface area contributed by atoms with Gasteiger partial charge in [-0.15, -0.1) is 5.10 Å². The number of aryl methyl sites for hydroxylation is 2. The molecule has 0 radical (unpaired) electrons. The summed E-state index contributed by atoms with van der Waals surface area (Å²) < 4.78 is 7.19. The van der Waals surface area contributed by atoms with Gasteiger partial charge in [-0.1, -0.05) is 11.3 Å². The summed E-state index contributed by atoms with van der Waals surface area (Å²) in [6, 6.07) is 10.7. The van der Waals surface area contributed by atoms with E-state index in [-0.39, 0.29) is 22.6 Å². The Labute approximate surface area is 174 Å². The van der Waals surface area contributed by atoms with Gasteiger partial charge in [0.15, 0.2) is 0 Å². The molecule has 0 spiro atoms. The molecule has 30 heavy (non-hydrogen) atoms. The van der Waals surface area contributed by atoms with E-state index in [0.29, 0.717) is 18.9 Å². The maximum Gasteiger partial charge on any atom is 0.292 e. The molecule has 3 aromatic rings. The van der Waals surface area contributed by atoms with Gasteiger partial charge in [-0.2, -0.15) is 0 Å². The molecule has 1 aromatic carbocycles. The molecule has 1 N–H and O–H groups in total. The van der Waals surface area contributed by atoms with Gasteiger partial charge in [-0.05, 0) is 49.9 Å². The van der Waals surface area contributed by atoms with E-state index in [0.717, 1.165) is 35.5 Å². The Hall–Kier alpha value is -3.33. The van der Waals surface area contributed by atoms with E-state index in [9.17, 15) is 10.1 Å². The van der Waals surface area contributed by atoms with Gasteiger partial charge in [0.2, 0.25) is 0 Å². The summed E-state index contributed by atoms with van der Waals surface area (Å²) in [6.07, 6.45) is 3.48. The van der Waals surface area contributed by atoms with E-state index in [1.165, 1.54) is 6.07 Å². The Bertz CT molecular complexity index is 1010. The van der Waals surface area contributed by atoms with E-state index in [2.05, 4.69) is 20.6 Å². The van der Waals surface area contributed by atoms with Crippen LogP contribution >= 0.6 is 0 Å². The molecule has 1 saturated heterocycles. The second-order valence-electron chi connectivity index (χ2n) is 7.46. The molecule has 1 fully saturated rings. The van der Waals surface area contributed by atoms with E-state index >= 15 is 0 Å². The molecule has 156 valence electrons. The van der Waals surface area contributed by atoms with Gasteiger partial charge < -0.3 is 10.1 Å². The summed E-state index contributed by atoms with van der Waals surface area (Å²) in [5.41, 5.74) is 3.76. The molecular weight excluding hydrogens is 384 g/mol. The average molecular weight is 408 g/mol. The number of hydrogen-bond acceptors (Lipinski definition) is 7. The molecule has 1 aliphatic rings. The van der Waals surface area contributed by atoms with Crippen molar-refractivity contribution in [1.82, 2.24) is 20.0 Å². The summed E-state index contributed by atoms with van der Waals surface area (Å²) in [5.74, 6) is 0.261. The smallest absolute Gasteiger partial charge is 0.292 e. The monoisotopic (exact) mass is 408 g/mol. The number of pyridine rings is 1. The average Bonchev–Trinajstić information content (AvgIpc) is 3.11. The van der Waals surface area contributed by atoms with Gasteiger partial charge in [0.1, 0.15) is 5.69 Å². The molecule has 2 aromatic heterocycles. The quantitative estimate of drug-likeness (QED) is 0.490. The van der Waals surface area contributed by atoms with Crippen LogP contribution in [-0.4, -0.2) is 38.1 Å². The van der Waals surface area contributed by atoms with Crippen molar-refractivity contribution in [3.05, 3.63) is 64.1 Å². The molecule has 0 amide bonds. The lowest BCUT2D eigenvalue weighted by molar-refractivity contribution is -0.384. The van der Waals surface area contributed by atoms with Gasteiger partial charge in [0.25, 0.3) is 5.69 Å². The predicted molar refractivity (Wildman–Crippen MR) is 112 cm³/mol. The fourth-order valence-corrected chi connectivity index (χ4v) is 4.02. The Morgan fingerprint density at radius 2 is 2.07 bits per heavy atom. The van der Waals surface area contributed by atoms with Gasteiger partial charge in [-0.3, -0.25) is 15.1 Å². The van der Waals surface area contributed by atoms with Gasteiger partial charge in [0.05, 0.1) is 28.0 Å². The summed E-state index contributed by atoms with van der Waals surface area (Å²) >= 11 is 0. The van der Waals surface area contributed by atoms with Crippen LogP contribution in [0.15, 0.2) is 42.6 Å². The normalized spacial score (nSPS) is 15.7. The third kappa shape index (κ3) is 4.02. The Balaban J connectivity index is 1.76. The highest BCUT2D eigenvalue weighted by Gasteiger charge is 2.29. The Morgan fingerprint density at radius 1 is 1.27 bits per heavy atom. The molecule has 4 rings (SSSR count). The van der Waals surface area contributed by atoms with Crippen molar-refractivity contribution in [2.75, 3.05) is 18.5 Å². The maximum atomic E-state index is 11.7. The number of rotatable bonds is 6. The van der Waals surface area contributed by atoms with Crippen molar-refractivity contribution >= 4 is 11.4 Å². The van der Waals surface area contributed by atoms with Crippen LogP contribution in [-0.2, 0) is 11.8 Å². The van der Waals surface area contributed by atoms with Crippen LogP contribution in [0.25, 0.3) is 11.3 Å². The van der Waals surface area contributed by atoms with Crippen molar-refractivity contribution in [2.24, 2.45) is 13.0 Å². The summed E-state index contributed by atoms with van der Waals surface area (Å²) in [4.78, 5) is 15.9. The van der Waals surface area contributed by atoms with Crippen molar-refractivity contribution in [1.29, 1.82) is 0 Å². The SMILES string of the molecule is Cc1nnn(C)c1-c1ccc([N+](=O)[O-])c(NC(c2ccccn2)C2CCOCC2)c1. The molecule has 3 heterocycles. The molecule has 9 nitrogen and oxygen atoms in total. The molecule has 9 heteroatoms. The maximum absolute atomic E-state index is 11.7. The fraction of sp³-hybridized carbons (Fsp3) is 0.381. The molecule has 1 atom stereocenters. The predicted octanol–water partition coefficient (Wildman–Crippen LogP) is 3.67. The number of anilines is 1. The first-order valence-electron chi connectivity index (χ1n) is 9.95. The summed E-state index contributed by atoms with van der Waals surface area (Å²) in [5, 5.41) is 23.3. The molecule has 0 bridgehead atoms. The van der Waals surface area contributed by atoms with E-state index in [1.807, 2.05) is 32.2 Å². The van der Waals surface area contributed by atoms with Crippen LogP contribution in [0.3, 0.4) is 0 Å². The number of nitro groups is 1. The Morgan fingerprint density at radius 3 is 2.70 bits per heavy atom. The second-order valence-corrected chi connectivity index (χ2v) is 7.46. The third-order valence-electron chi connectivity index (χ3n) is 5.52. The molecule has 1 unspecified atom stereocenters. The first-order chi connectivity index (χ1) is 14.5. The van der Waals surface area contributed by atoms with E-state index in [1.54, 1.807) is 23.0 Å². The van der Waals surface area contributed by atoms with Crippen LogP contribution in [0.4, 0.5) is 11.4 Å².